The Labute approximate surface area is 176 Å². The van der Waals surface area contributed by atoms with E-state index in [0.29, 0.717) is 28.2 Å². The predicted octanol–water partition coefficient (Wildman–Crippen LogP) is 5.49. The third kappa shape index (κ3) is 5.12. The average molecular weight is 452 g/mol. The second-order valence-corrected chi connectivity index (χ2v) is 7.04. The van der Waals surface area contributed by atoms with Crippen LogP contribution >= 0.6 is 15.9 Å². The number of rotatable bonds is 6. The highest BCUT2D eigenvalue weighted by molar-refractivity contribution is 9.10. The van der Waals surface area contributed by atoms with Gasteiger partial charge in [0, 0.05) is 5.56 Å². The first-order valence-corrected chi connectivity index (χ1v) is 9.58. The molecule has 0 spiro atoms. The average Bonchev–Trinajstić information content (AvgIpc) is 2.74. The molecule has 1 amide bonds. The van der Waals surface area contributed by atoms with Crippen LogP contribution in [-0.4, -0.2) is 17.0 Å². The molecule has 0 heterocycles. The second kappa shape index (κ2) is 9.21. The molecule has 0 bridgehead atoms. The molecule has 3 aromatic rings. The lowest BCUT2D eigenvalue weighted by Gasteiger charge is -2.12. The van der Waals surface area contributed by atoms with E-state index >= 15 is 0 Å². The summed E-state index contributed by atoms with van der Waals surface area (Å²) in [6, 6.07) is 22.9. The SMILES string of the molecule is C/C(=C(\NC(=O)c1ccccc1)C(=O)O)c1ccc(Oc2ccccc2Br)cc1. The number of nitrogens with one attached hydrogen (secondary N) is 1. The predicted molar refractivity (Wildman–Crippen MR) is 115 cm³/mol. The number of halogens is 1. The summed E-state index contributed by atoms with van der Waals surface area (Å²) in [5, 5.41) is 12.1. The molecule has 29 heavy (non-hydrogen) atoms. The first kappa shape index (κ1) is 20.4. The molecule has 0 aliphatic rings. The number of hydrogen-bond acceptors (Lipinski definition) is 3. The van der Waals surface area contributed by atoms with E-state index in [1.165, 1.54) is 0 Å². The maximum atomic E-state index is 12.4. The third-order valence-corrected chi connectivity index (χ3v) is 4.87. The van der Waals surface area contributed by atoms with Gasteiger partial charge in [-0.25, -0.2) is 4.79 Å². The van der Waals surface area contributed by atoms with Gasteiger partial charge in [-0.1, -0.05) is 42.5 Å². The van der Waals surface area contributed by atoms with E-state index < -0.39 is 11.9 Å². The van der Waals surface area contributed by atoms with Crippen molar-refractivity contribution in [2.75, 3.05) is 0 Å². The number of para-hydroxylation sites is 1. The number of amides is 1. The van der Waals surface area contributed by atoms with E-state index in [1.54, 1.807) is 61.5 Å². The topological polar surface area (TPSA) is 75.6 Å². The summed E-state index contributed by atoms with van der Waals surface area (Å²) >= 11 is 3.43. The van der Waals surface area contributed by atoms with Gasteiger partial charge in [-0.15, -0.1) is 0 Å². The summed E-state index contributed by atoms with van der Waals surface area (Å²) in [6.07, 6.45) is 0. The highest BCUT2D eigenvalue weighted by Gasteiger charge is 2.17. The monoisotopic (exact) mass is 451 g/mol. The maximum absolute atomic E-state index is 12.4. The lowest BCUT2D eigenvalue weighted by atomic mass is 10.0. The Bertz CT molecular complexity index is 1060. The summed E-state index contributed by atoms with van der Waals surface area (Å²) in [4.78, 5) is 24.1. The van der Waals surface area contributed by atoms with Crippen molar-refractivity contribution in [1.29, 1.82) is 0 Å². The Morgan fingerprint density at radius 3 is 2.10 bits per heavy atom. The molecule has 0 saturated heterocycles. The fourth-order valence-corrected chi connectivity index (χ4v) is 3.02. The summed E-state index contributed by atoms with van der Waals surface area (Å²) in [5.74, 6) is -0.399. The molecule has 0 atom stereocenters. The Morgan fingerprint density at radius 2 is 1.48 bits per heavy atom. The van der Waals surface area contributed by atoms with Crippen molar-refractivity contribution in [3.8, 4) is 11.5 Å². The number of hydrogen-bond donors (Lipinski definition) is 2. The van der Waals surface area contributed by atoms with Gasteiger partial charge in [-0.05, 0) is 70.4 Å². The van der Waals surface area contributed by atoms with Gasteiger partial charge in [0.05, 0.1) is 4.47 Å². The molecule has 146 valence electrons. The first-order valence-electron chi connectivity index (χ1n) is 8.79. The van der Waals surface area contributed by atoms with Crippen molar-refractivity contribution >= 4 is 33.4 Å². The number of carbonyl (C=O) groups excluding carboxylic acids is 1. The molecular formula is C23H18BrNO4. The molecule has 0 unspecified atom stereocenters. The minimum atomic E-state index is -1.21. The van der Waals surface area contributed by atoms with Crippen LogP contribution in [0.15, 0.2) is 89.0 Å². The van der Waals surface area contributed by atoms with E-state index in [4.69, 9.17) is 4.74 Å². The molecule has 3 rings (SSSR count). The molecule has 2 N–H and O–H groups in total. The van der Waals surface area contributed by atoms with Gasteiger partial charge in [0.2, 0.25) is 0 Å². The van der Waals surface area contributed by atoms with Crippen molar-refractivity contribution in [3.63, 3.8) is 0 Å². The highest BCUT2D eigenvalue weighted by atomic mass is 79.9. The smallest absolute Gasteiger partial charge is 0.352 e. The molecule has 0 fully saturated rings. The second-order valence-electron chi connectivity index (χ2n) is 6.18. The molecule has 5 nitrogen and oxygen atoms in total. The molecule has 0 saturated carbocycles. The fraction of sp³-hybridized carbons (Fsp3) is 0.0435. The van der Waals surface area contributed by atoms with Gasteiger partial charge in [0.25, 0.3) is 5.91 Å². The zero-order valence-electron chi connectivity index (χ0n) is 15.6. The maximum Gasteiger partial charge on any atom is 0.352 e. The molecular weight excluding hydrogens is 434 g/mol. The summed E-state index contributed by atoms with van der Waals surface area (Å²) in [5.41, 5.74) is 1.32. The van der Waals surface area contributed by atoms with E-state index in [-0.39, 0.29) is 5.70 Å². The van der Waals surface area contributed by atoms with Gasteiger partial charge in [-0.3, -0.25) is 4.79 Å². The number of benzene rings is 3. The van der Waals surface area contributed by atoms with Crippen molar-refractivity contribution in [2.24, 2.45) is 0 Å². The Morgan fingerprint density at radius 1 is 0.862 bits per heavy atom. The van der Waals surface area contributed by atoms with Crippen LogP contribution in [0.3, 0.4) is 0 Å². The van der Waals surface area contributed by atoms with Crippen LogP contribution in [0.25, 0.3) is 5.57 Å². The van der Waals surface area contributed by atoms with E-state index in [9.17, 15) is 14.7 Å². The standard InChI is InChI=1S/C23H18BrNO4/c1-15(21(23(27)28)25-22(26)17-7-3-2-4-8-17)16-11-13-18(14-12-16)29-20-10-6-5-9-19(20)24/h2-14H,1H3,(H,25,26)(H,27,28)/b21-15+. The molecule has 0 aliphatic carbocycles. The summed E-state index contributed by atoms with van der Waals surface area (Å²) in [7, 11) is 0. The Kier molecular flexibility index (Phi) is 6.46. The Hall–Kier alpha value is -3.38. The van der Waals surface area contributed by atoms with Crippen LogP contribution in [0, 0.1) is 0 Å². The highest BCUT2D eigenvalue weighted by Crippen LogP contribution is 2.30. The van der Waals surface area contributed by atoms with Crippen molar-refractivity contribution in [2.45, 2.75) is 6.92 Å². The van der Waals surface area contributed by atoms with Gasteiger partial charge in [-0.2, -0.15) is 0 Å². The van der Waals surface area contributed by atoms with Crippen molar-refractivity contribution in [1.82, 2.24) is 5.32 Å². The zero-order chi connectivity index (χ0) is 20.8. The number of aliphatic carboxylic acids is 1. The van der Waals surface area contributed by atoms with Crippen molar-refractivity contribution in [3.05, 3.63) is 100 Å². The molecule has 0 radical (unpaired) electrons. The van der Waals surface area contributed by atoms with Gasteiger partial charge < -0.3 is 15.2 Å². The quantitative estimate of drug-likeness (QED) is 0.486. The fourth-order valence-electron chi connectivity index (χ4n) is 2.65. The first-order chi connectivity index (χ1) is 14.0. The number of ether oxygens (including phenoxy) is 1. The lowest BCUT2D eigenvalue weighted by Crippen LogP contribution is -2.28. The minimum absolute atomic E-state index is 0.168. The largest absolute Gasteiger partial charge is 0.477 e. The van der Waals surface area contributed by atoms with Crippen LogP contribution in [0.5, 0.6) is 11.5 Å². The Balaban J connectivity index is 1.82. The molecule has 0 aliphatic heterocycles. The molecule has 0 aromatic heterocycles. The van der Waals surface area contributed by atoms with Crippen LogP contribution in [-0.2, 0) is 4.79 Å². The number of carboxylic acids is 1. The number of carboxylic acid groups (broad SMARTS) is 1. The van der Waals surface area contributed by atoms with Crippen LogP contribution in [0.2, 0.25) is 0 Å². The van der Waals surface area contributed by atoms with Crippen molar-refractivity contribution < 1.29 is 19.4 Å². The van der Waals surface area contributed by atoms with E-state index in [1.807, 2.05) is 24.3 Å². The molecule has 3 aromatic carbocycles. The number of carbonyl (C=O) groups is 2. The van der Waals surface area contributed by atoms with Gasteiger partial charge >= 0.3 is 5.97 Å². The number of allylic oxidation sites excluding steroid dienone is 1. The van der Waals surface area contributed by atoms with E-state index in [2.05, 4.69) is 21.2 Å². The summed E-state index contributed by atoms with van der Waals surface area (Å²) in [6.45, 7) is 1.65. The molecule has 6 heteroatoms. The van der Waals surface area contributed by atoms with E-state index in [0.717, 1.165) is 4.47 Å². The van der Waals surface area contributed by atoms with Gasteiger partial charge in [0.1, 0.15) is 17.2 Å². The van der Waals surface area contributed by atoms with Crippen LogP contribution < -0.4 is 10.1 Å². The minimum Gasteiger partial charge on any atom is -0.477 e. The van der Waals surface area contributed by atoms with Crippen LogP contribution in [0.4, 0.5) is 0 Å². The van der Waals surface area contributed by atoms with Crippen LogP contribution in [0.1, 0.15) is 22.8 Å². The lowest BCUT2D eigenvalue weighted by molar-refractivity contribution is -0.132. The summed E-state index contributed by atoms with van der Waals surface area (Å²) < 4.78 is 6.66. The zero-order valence-corrected chi connectivity index (χ0v) is 17.1. The normalized spacial score (nSPS) is 11.4. The van der Waals surface area contributed by atoms with Gasteiger partial charge in [0.15, 0.2) is 0 Å². The third-order valence-electron chi connectivity index (χ3n) is 4.22.